The van der Waals surface area contributed by atoms with Gasteiger partial charge >= 0.3 is 0 Å². The molecular weight excluding hydrogens is 316 g/mol. The van der Waals surface area contributed by atoms with E-state index in [2.05, 4.69) is 0 Å². The molecule has 0 aliphatic heterocycles. The smallest absolute Gasteiger partial charge is 0.289 e. The van der Waals surface area contributed by atoms with Crippen molar-refractivity contribution in [2.24, 2.45) is 5.73 Å². The number of primary amides is 1. The van der Waals surface area contributed by atoms with E-state index in [1.165, 1.54) is 6.07 Å². The predicted molar refractivity (Wildman–Crippen MR) is 94.6 cm³/mol. The lowest BCUT2D eigenvalue weighted by molar-refractivity contribution is -0.114. The molecule has 0 unspecified atom stereocenters. The SMILES string of the molecule is NC(=O)C(=O)c1c(C2CC2)n(Cc2ccccc2)c2cccc(O)c12. The molecule has 1 heterocycles. The normalized spacial score (nSPS) is 13.9. The van der Waals surface area contributed by atoms with Crippen LogP contribution in [0.25, 0.3) is 10.9 Å². The molecule has 0 bridgehead atoms. The van der Waals surface area contributed by atoms with Crippen LogP contribution in [0.15, 0.2) is 48.5 Å². The van der Waals surface area contributed by atoms with E-state index in [-0.39, 0.29) is 17.2 Å². The molecule has 1 aliphatic rings. The summed E-state index contributed by atoms with van der Waals surface area (Å²) < 4.78 is 2.04. The molecule has 0 spiro atoms. The highest BCUT2D eigenvalue weighted by Gasteiger charge is 2.36. The van der Waals surface area contributed by atoms with Crippen LogP contribution >= 0.6 is 0 Å². The van der Waals surface area contributed by atoms with Gasteiger partial charge in [-0.05, 0) is 30.5 Å². The fourth-order valence-electron chi connectivity index (χ4n) is 3.47. The summed E-state index contributed by atoms with van der Waals surface area (Å²) in [5.74, 6) is -1.52. The van der Waals surface area contributed by atoms with Gasteiger partial charge in [0.2, 0.25) is 0 Å². The molecule has 2 aromatic carbocycles. The van der Waals surface area contributed by atoms with E-state index in [9.17, 15) is 14.7 Å². The summed E-state index contributed by atoms with van der Waals surface area (Å²) in [6.07, 6.45) is 1.93. The second-order valence-electron chi connectivity index (χ2n) is 6.47. The fraction of sp³-hybridized carbons (Fsp3) is 0.200. The number of rotatable bonds is 5. The van der Waals surface area contributed by atoms with E-state index in [1.54, 1.807) is 6.07 Å². The number of nitrogens with two attached hydrogens (primary N) is 1. The highest BCUT2D eigenvalue weighted by atomic mass is 16.3. The second-order valence-corrected chi connectivity index (χ2v) is 6.47. The van der Waals surface area contributed by atoms with Gasteiger partial charge in [0.25, 0.3) is 11.7 Å². The van der Waals surface area contributed by atoms with Crippen LogP contribution < -0.4 is 5.73 Å². The van der Waals surface area contributed by atoms with Crippen LogP contribution in [0.2, 0.25) is 0 Å². The van der Waals surface area contributed by atoms with E-state index in [4.69, 9.17) is 5.73 Å². The van der Waals surface area contributed by atoms with Gasteiger partial charge in [0, 0.05) is 18.2 Å². The quantitative estimate of drug-likeness (QED) is 0.556. The number of carbonyl (C=O) groups excluding carboxylic acids is 2. The number of phenolic OH excluding ortho intramolecular Hbond substituents is 1. The van der Waals surface area contributed by atoms with Gasteiger partial charge in [0.05, 0.1) is 16.5 Å². The number of Topliss-reactive ketones (excluding diaryl/α,β-unsaturated/α-hetero) is 1. The van der Waals surface area contributed by atoms with Crippen molar-refractivity contribution < 1.29 is 14.7 Å². The molecule has 5 nitrogen and oxygen atoms in total. The van der Waals surface area contributed by atoms with Crippen LogP contribution in [0.5, 0.6) is 5.75 Å². The van der Waals surface area contributed by atoms with Gasteiger partial charge < -0.3 is 15.4 Å². The highest BCUT2D eigenvalue weighted by molar-refractivity contribution is 6.45. The van der Waals surface area contributed by atoms with Crippen LogP contribution in [-0.4, -0.2) is 21.4 Å². The average molecular weight is 334 g/mol. The molecule has 1 amide bonds. The monoisotopic (exact) mass is 334 g/mol. The summed E-state index contributed by atoms with van der Waals surface area (Å²) in [7, 11) is 0. The average Bonchev–Trinajstić information content (AvgIpc) is 3.39. The van der Waals surface area contributed by atoms with E-state index in [0.717, 1.165) is 29.6 Å². The van der Waals surface area contributed by atoms with Crippen molar-refractivity contribution in [2.75, 3.05) is 0 Å². The number of hydrogen-bond donors (Lipinski definition) is 2. The molecule has 1 aromatic heterocycles. The zero-order chi connectivity index (χ0) is 17.6. The standard InChI is InChI=1S/C20H18N2O3/c21-20(25)19(24)17-16-14(7-4-8-15(16)23)22(18(17)13-9-10-13)11-12-5-2-1-3-6-12/h1-8,13,23H,9-11H2,(H2,21,25). The maximum absolute atomic E-state index is 12.5. The highest BCUT2D eigenvalue weighted by Crippen LogP contribution is 2.46. The molecule has 126 valence electrons. The maximum atomic E-state index is 12.5. The number of aromatic hydroxyl groups is 1. The number of aromatic nitrogens is 1. The molecular formula is C20H18N2O3. The summed E-state index contributed by atoms with van der Waals surface area (Å²) >= 11 is 0. The number of ketones is 1. The number of hydrogen-bond acceptors (Lipinski definition) is 3. The van der Waals surface area contributed by atoms with Gasteiger partial charge in [-0.1, -0.05) is 36.4 Å². The topological polar surface area (TPSA) is 85.3 Å². The summed E-state index contributed by atoms with van der Waals surface area (Å²) in [6, 6.07) is 15.0. The molecule has 3 N–H and O–H groups in total. The van der Waals surface area contributed by atoms with Gasteiger partial charge in [-0.3, -0.25) is 9.59 Å². The third-order valence-corrected chi connectivity index (χ3v) is 4.71. The van der Waals surface area contributed by atoms with E-state index >= 15 is 0 Å². The number of amides is 1. The first-order valence-electron chi connectivity index (χ1n) is 8.30. The Morgan fingerprint density at radius 2 is 1.80 bits per heavy atom. The van der Waals surface area contributed by atoms with Crippen LogP contribution in [-0.2, 0) is 11.3 Å². The number of nitrogens with zero attached hydrogens (tertiary/aromatic N) is 1. The van der Waals surface area contributed by atoms with Crippen molar-refractivity contribution in [1.29, 1.82) is 0 Å². The zero-order valence-electron chi connectivity index (χ0n) is 13.6. The van der Waals surface area contributed by atoms with Crippen LogP contribution in [0, 0.1) is 0 Å². The molecule has 1 fully saturated rings. The fourth-order valence-corrected chi connectivity index (χ4v) is 3.47. The minimum absolute atomic E-state index is 0.00388. The minimum atomic E-state index is -0.996. The first-order chi connectivity index (χ1) is 12.1. The van der Waals surface area contributed by atoms with Crippen molar-refractivity contribution in [1.82, 2.24) is 4.57 Å². The van der Waals surface area contributed by atoms with Crippen molar-refractivity contribution in [2.45, 2.75) is 25.3 Å². The molecule has 3 aromatic rings. The third kappa shape index (κ3) is 2.58. The Bertz CT molecular complexity index is 985. The summed E-state index contributed by atoms with van der Waals surface area (Å²) in [5.41, 5.74) is 8.18. The Morgan fingerprint density at radius 3 is 2.44 bits per heavy atom. The van der Waals surface area contributed by atoms with Crippen LogP contribution in [0.4, 0.5) is 0 Å². The van der Waals surface area contributed by atoms with Crippen molar-refractivity contribution in [3.05, 3.63) is 65.4 Å². The van der Waals surface area contributed by atoms with Crippen LogP contribution in [0.1, 0.15) is 40.4 Å². The predicted octanol–water partition coefficient (Wildman–Crippen LogP) is 2.94. The summed E-state index contributed by atoms with van der Waals surface area (Å²) in [4.78, 5) is 24.1. The van der Waals surface area contributed by atoms with Crippen molar-refractivity contribution in [3.8, 4) is 5.75 Å². The Hall–Kier alpha value is -3.08. The Labute approximate surface area is 144 Å². The maximum Gasteiger partial charge on any atom is 0.289 e. The number of phenols is 1. The molecule has 1 aliphatic carbocycles. The summed E-state index contributed by atoms with van der Waals surface area (Å²) in [5, 5.41) is 10.8. The molecule has 0 saturated heterocycles. The van der Waals surface area contributed by atoms with E-state index in [0.29, 0.717) is 11.9 Å². The third-order valence-electron chi connectivity index (χ3n) is 4.71. The van der Waals surface area contributed by atoms with Crippen LogP contribution in [0.3, 0.4) is 0 Å². The lowest BCUT2D eigenvalue weighted by Gasteiger charge is -2.11. The minimum Gasteiger partial charge on any atom is -0.507 e. The lowest BCUT2D eigenvalue weighted by Crippen LogP contribution is -2.24. The molecule has 25 heavy (non-hydrogen) atoms. The van der Waals surface area contributed by atoms with E-state index in [1.807, 2.05) is 41.0 Å². The Morgan fingerprint density at radius 1 is 1.08 bits per heavy atom. The van der Waals surface area contributed by atoms with Gasteiger partial charge in [0.15, 0.2) is 0 Å². The Kier molecular flexibility index (Phi) is 3.57. The lowest BCUT2D eigenvalue weighted by atomic mass is 10.0. The first kappa shape index (κ1) is 15.4. The van der Waals surface area contributed by atoms with Gasteiger partial charge in [-0.2, -0.15) is 0 Å². The van der Waals surface area contributed by atoms with Gasteiger partial charge in [0.1, 0.15) is 5.75 Å². The largest absolute Gasteiger partial charge is 0.507 e. The van der Waals surface area contributed by atoms with Crippen molar-refractivity contribution in [3.63, 3.8) is 0 Å². The van der Waals surface area contributed by atoms with E-state index < -0.39 is 11.7 Å². The Balaban J connectivity index is 2.01. The molecule has 1 saturated carbocycles. The first-order valence-corrected chi connectivity index (χ1v) is 8.30. The molecule has 0 radical (unpaired) electrons. The molecule has 0 atom stereocenters. The second kappa shape index (κ2) is 5.77. The van der Waals surface area contributed by atoms with Gasteiger partial charge in [-0.25, -0.2) is 0 Å². The molecule has 4 rings (SSSR count). The summed E-state index contributed by atoms with van der Waals surface area (Å²) in [6.45, 7) is 0.568. The number of carbonyl (C=O) groups is 2. The van der Waals surface area contributed by atoms with Crippen molar-refractivity contribution >= 4 is 22.6 Å². The number of fused-ring (bicyclic) bond motifs is 1. The van der Waals surface area contributed by atoms with Gasteiger partial charge in [-0.15, -0.1) is 0 Å². The number of benzene rings is 2. The molecule has 5 heteroatoms. The zero-order valence-corrected chi connectivity index (χ0v) is 13.6.